The van der Waals surface area contributed by atoms with Crippen molar-refractivity contribution in [2.45, 2.75) is 64.8 Å². The van der Waals surface area contributed by atoms with Crippen LogP contribution in [0.5, 0.6) is 0 Å². The summed E-state index contributed by atoms with van der Waals surface area (Å²) in [5.74, 6) is 0.676. The number of carbonyl (C=O) groups is 2. The Morgan fingerprint density at radius 2 is 2.00 bits per heavy atom. The quantitative estimate of drug-likeness (QED) is 0.827. The number of aromatic nitrogens is 1. The number of likely N-dealkylation sites (tertiary alicyclic amines) is 1. The second kappa shape index (κ2) is 7.62. The molecule has 0 radical (unpaired) electrons. The number of carbonyl (C=O) groups excluding carboxylic acids is 2. The Kier molecular flexibility index (Phi) is 5.30. The van der Waals surface area contributed by atoms with E-state index in [2.05, 4.69) is 19.2 Å². The maximum atomic E-state index is 13.4. The number of hydrogen-bond donors (Lipinski definition) is 1. The van der Waals surface area contributed by atoms with Crippen molar-refractivity contribution >= 4 is 11.8 Å². The van der Waals surface area contributed by atoms with Crippen LogP contribution < -0.4 is 10.9 Å². The maximum Gasteiger partial charge on any atom is 0.251 e. The van der Waals surface area contributed by atoms with Gasteiger partial charge in [-0.25, -0.2) is 0 Å². The van der Waals surface area contributed by atoms with Crippen molar-refractivity contribution in [2.75, 3.05) is 19.6 Å². The van der Waals surface area contributed by atoms with E-state index in [1.807, 2.05) is 11.0 Å². The summed E-state index contributed by atoms with van der Waals surface area (Å²) in [6.07, 6.45) is 5.53. The van der Waals surface area contributed by atoms with Crippen LogP contribution in [0.1, 0.15) is 70.5 Å². The Hall–Kier alpha value is -2.11. The van der Waals surface area contributed by atoms with E-state index in [1.54, 1.807) is 23.6 Å². The minimum absolute atomic E-state index is 0.0207. The van der Waals surface area contributed by atoms with Crippen LogP contribution in [-0.2, 0) is 9.59 Å². The molecular formula is C23H33N3O3. The normalized spacial score (nSPS) is 27.2. The molecule has 1 aliphatic carbocycles. The van der Waals surface area contributed by atoms with E-state index in [4.69, 9.17) is 0 Å². The summed E-state index contributed by atoms with van der Waals surface area (Å²) in [5, 5.41) is 3.21. The van der Waals surface area contributed by atoms with Gasteiger partial charge < -0.3 is 10.2 Å². The molecule has 158 valence electrons. The molecule has 2 bridgehead atoms. The van der Waals surface area contributed by atoms with Crippen LogP contribution in [0, 0.1) is 17.3 Å². The fraction of sp³-hybridized carbons (Fsp3) is 0.696. The van der Waals surface area contributed by atoms with Crippen molar-refractivity contribution in [3.63, 3.8) is 0 Å². The van der Waals surface area contributed by atoms with Gasteiger partial charge >= 0.3 is 0 Å². The molecule has 1 aromatic heterocycles. The lowest BCUT2D eigenvalue weighted by Gasteiger charge is -2.47. The third-order valence-corrected chi connectivity index (χ3v) is 7.25. The molecule has 3 heterocycles. The van der Waals surface area contributed by atoms with Gasteiger partial charge in [0.05, 0.1) is 0 Å². The predicted molar refractivity (Wildman–Crippen MR) is 112 cm³/mol. The van der Waals surface area contributed by atoms with Crippen LogP contribution in [0.25, 0.3) is 0 Å². The molecule has 6 nitrogen and oxygen atoms in total. The van der Waals surface area contributed by atoms with Gasteiger partial charge in [-0.15, -0.1) is 0 Å². The van der Waals surface area contributed by atoms with Gasteiger partial charge in [0.1, 0.15) is 6.04 Å². The molecule has 3 aliphatic rings. The monoisotopic (exact) mass is 399 g/mol. The Bertz CT molecular complexity index is 855. The zero-order valence-electron chi connectivity index (χ0n) is 17.8. The summed E-state index contributed by atoms with van der Waals surface area (Å²) in [6, 6.07) is 4.72. The van der Waals surface area contributed by atoms with Crippen molar-refractivity contribution in [2.24, 2.45) is 17.3 Å². The van der Waals surface area contributed by atoms with Crippen molar-refractivity contribution in [3.8, 4) is 0 Å². The highest BCUT2D eigenvalue weighted by Gasteiger charge is 2.45. The Morgan fingerprint density at radius 1 is 1.24 bits per heavy atom. The van der Waals surface area contributed by atoms with Gasteiger partial charge in [-0.05, 0) is 43.1 Å². The molecule has 0 unspecified atom stereocenters. The van der Waals surface area contributed by atoms with Gasteiger partial charge in [0.25, 0.3) is 5.56 Å². The molecule has 0 aromatic carbocycles. The number of nitrogens with one attached hydrogen (secondary N) is 1. The van der Waals surface area contributed by atoms with Gasteiger partial charge in [0.2, 0.25) is 11.8 Å². The highest BCUT2D eigenvalue weighted by atomic mass is 16.2. The van der Waals surface area contributed by atoms with Gasteiger partial charge in [0, 0.05) is 50.2 Å². The summed E-state index contributed by atoms with van der Waals surface area (Å²) < 4.78 is 1.71. The lowest BCUT2D eigenvalue weighted by molar-refractivity contribution is -0.136. The number of pyridine rings is 1. The lowest BCUT2D eigenvalue weighted by Crippen LogP contribution is -2.55. The molecule has 0 spiro atoms. The SMILES string of the molecule is CC(=O)N1C[C@H]2C[C@@H](C1)[C@H](C(=O)NCC1(CC(C)C)CCC1)n1c2cccc1=O. The van der Waals surface area contributed by atoms with Crippen LogP contribution in [0.15, 0.2) is 23.0 Å². The highest BCUT2D eigenvalue weighted by Crippen LogP contribution is 2.46. The molecule has 1 aromatic rings. The number of hydrogen-bond acceptors (Lipinski definition) is 3. The first kappa shape index (κ1) is 20.2. The maximum absolute atomic E-state index is 13.4. The molecule has 2 fully saturated rings. The summed E-state index contributed by atoms with van der Waals surface area (Å²) in [5.41, 5.74) is 0.985. The number of rotatable bonds is 5. The fourth-order valence-electron chi connectivity index (χ4n) is 5.90. The number of nitrogens with zero attached hydrogens (tertiary/aromatic N) is 2. The van der Waals surface area contributed by atoms with E-state index in [9.17, 15) is 14.4 Å². The molecule has 2 amide bonds. The van der Waals surface area contributed by atoms with Crippen LogP contribution in [-0.4, -0.2) is 40.9 Å². The van der Waals surface area contributed by atoms with Crippen molar-refractivity contribution in [1.29, 1.82) is 0 Å². The number of piperidine rings is 1. The third kappa shape index (κ3) is 3.74. The first-order chi connectivity index (χ1) is 13.8. The van der Waals surface area contributed by atoms with Crippen LogP contribution >= 0.6 is 0 Å². The zero-order valence-corrected chi connectivity index (χ0v) is 17.8. The highest BCUT2D eigenvalue weighted by molar-refractivity contribution is 5.81. The minimum Gasteiger partial charge on any atom is -0.354 e. The molecule has 1 saturated heterocycles. The lowest BCUT2D eigenvalue weighted by atomic mass is 9.64. The number of fused-ring (bicyclic) bond motifs is 4. The van der Waals surface area contributed by atoms with Crippen LogP contribution in [0.3, 0.4) is 0 Å². The summed E-state index contributed by atoms with van der Waals surface area (Å²) in [7, 11) is 0. The van der Waals surface area contributed by atoms with Gasteiger partial charge in [-0.1, -0.05) is 26.3 Å². The van der Waals surface area contributed by atoms with Gasteiger partial charge in [0.15, 0.2) is 0 Å². The molecule has 6 heteroatoms. The number of amides is 2. The van der Waals surface area contributed by atoms with Crippen LogP contribution in [0.2, 0.25) is 0 Å². The molecule has 29 heavy (non-hydrogen) atoms. The summed E-state index contributed by atoms with van der Waals surface area (Å²) >= 11 is 0. The van der Waals surface area contributed by atoms with E-state index in [0.717, 1.165) is 31.4 Å². The van der Waals surface area contributed by atoms with E-state index in [-0.39, 0.29) is 34.6 Å². The summed E-state index contributed by atoms with van der Waals surface area (Å²) in [4.78, 5) is 40.0. The topological polar surface area (TPSA) is 71.4 Å². The summed E-state index contributed by atoms with van der Waals surface area (Å²) in [6.45, 7) is 7.90. The second-order valence-electron chi connectivity index (χ2n) is 9.89. The van der Waals surface area contributed by atoms with Gasteiger partial charge in [-0.3, -0.25) is 19.0 Å². The Morgan fingerprint density at radius 3 is 2.62 bits per heavy atom. The molecular weight excluding hydrogens is 366 g/mol. The molecule has 1 saturated carbocycles. The van der Waals surface area contributed by atoms with E-state index in [0.29, 0.717) is 25.6 Å². The molecule has 1 N–H and O–H groups in total. The smallest absolute Gasteiger partial charge is 0.251 e. The average molecular weight is 400 g/mol. The predicted octanol–water partition coefficient (Wildman–Crippen LogP) is 2.69. The first-order valence-corrected chi connectivity index (χ1v) is 11.0. The second-order valence-corrected chi connectivity index (χ2v) is 9.89. The van der Waals surface area contributed by atoms with Crippen molar-refractivity contribution < 1.29 is 9.59 Å². The Balaban J connectivity index is 1.60. The largest absolute Gasteiger partial charge is 0.354 e. The van der Waals surface area contributed by atoms with E-state index in [1.165, 1.54) is 6.42 Å². The zero-order chi connectivity index (χ0) is 20.8. The van der Waals surface area contributed by atoms with E-state index < -0.39 is 6.04 Å². The van der Waals surface area contributed by atoms with Crippen molar-refractivity contribution in [1.82, 2.24) is 14.8 Å². The Labute approximate surface area is 172 Å². The standard InChI is InChI=1S/C23H33N3O3/c1-15(2)11-23(8-5-9-23)14-24-22(29)21-18-10-17(12-25(13-18)16(3)27)19-6-4-7-20(28)26(19)21/h4,6-7,15,17-18,21H,5,8-14H2,1-3H3,(H,24,29)/t17-,18+,21-/m1/s1. The first-order valence-electron chi connectivity index (χ1n) is 11.0. The van der Waals surface area contributed by atoms with E-state index >= 15 is 0 Å². The molecule has 3 atom stereocenters. The molecule has 2 aliphatic heterocycles. The van der Waals surface area contributed by atoms with Crippen LogP contribution in [0.4, 0.5) is 0 Å². The van der Waals surface area contributed by atoms with Crippen molar-refractivity contribution in [3.05, 3.63) is 34.2 Å². The average Bonchev–Trinajstić information content (AvgIpc) is 2.64. The minimum atomic E-state index is -0.534. The van der Waals surface area contributed by atoms with Gasteiger partial charge in [-0.2, -0.15) is 0 Å². The molecule has 4 rings (SSSR count). The third-order valence-electron chi connectivity index (χ3n) is 7.25. The fourth-order valence-corrected chi connectivity index (χ4v) is 5.90.